The summed E-state index contributed by atoms with van der Waals surface area (Å²) >= 11 is 6.26. The van der Waals surface area contributed by atoms with Crippen molar-refractivity contribution in [2.24, 2.45) is 7.05 Å². The van der Waals surface area contributed by atoms with Crippen molar-refractivity contribution in [3.05, 3.63) is 59.2 Å². The Morgan fingerprint density at radius 1 is 1.11 bits per heavy atom. The monoisotopic (exact) mass is 383 g/mol. The minimum Gasteiger partial charge on any atom is -0.375 e. The Bertz CT molecular complexity index is 980. The Morgan fingerprint density at radius 3 is 2.52 bits per heavy atom. The molecule has 0 saturated heterocycles. The van der Waals surface area contributed by atoms with Gasteiger partial charge < -0.3 is 15.5 Å². The molecule has 0 bridgehead atoms. The number of carbonyl (C=O) groups excluding carboxylic acids is 1. The number of urea groups is 1. The Balaban J connectivity index is 1.83. The van der Waals surface area contributed by atoms with Crippen molar-refractivity contribution in [1.82, 2.24) is 9.78 Å². The molecule has 0 atom stereocenters. The second-order valence-electron chi connectivity index (χ2n) is 6.48. The average molecular weight is 384 g/mol. The first-order valence-corrected chi connectivity index (χ1v) is 8.87. The van der Waals surface area contributed by atoms with E-state index in [4.69, 9.17) is 11.6 Å². The van der Waals surface area contributed by atoms with Crippen LogP contribution in [0.5, 0.6) is 0 Å². The molecular weight excluding hydrogens is 362 g/mol. The smallest absolute Gasteiger partial charge is 0.323 e. The van der Waals surface area contributed by atoms with Crippen molar-refractivity contribution in [3.8, 4) is 11.3 Å². The normalized spacial score (nSPS) is 10.6. The van der Waals surface area contributed by atoms with Crippen LogP contribution >= 0.6 is 11.6 Å². The van der Waals surface area contributed by atoms with Gasteiger partial charge in [-0.1, -0.05) is 29.8 Å². The van der Waals surface area contributed by atoms with Crippen LogP contribution in [0.2, 0.25) is 5.02 Å². The van der Waals surface area contributed by atoms with Crippen LogP contribution in [0.15, 0.2) is 48.7 Å². The number of para-hydroxylation sites is 1. The summed E-state index contributed by atoms with van der Waals surface area (Å²) in [4.78, 5) is 14.5. The molecule has 0 fully saturated rings. The van der Waals surface area contributed by atoms with E-state index in [0.717, 1.165) is 28.2 Å². The van der Waals surface area contributed by atoms with Gasteiger partial charge in [0.05, 0.1) is 22.1 Å². The first-order chi connectivity index (χ1) is 12.9. The van der Waals surface area contributed by atoms with Gasteiger partial charge in [0.2, 0.25) is 0 Å². The highest BCUT2D eigenvalue weighted by molar-refractivity contribution is 6.34. The van der Waals surface area contributed by atoms with E-state index in [1.165, 1.54) is 0 Å². The lowest BCUT2D eigenvalue weighted by Gasteiger charge is -2.20. The van der Waals surface area contributed by atoms with Crippen LogP contribution in [0, 0.1) is 6.92 Å². The fourth-order valence-corrected chi connectivity index (χ4v) is 3.26. The van der Waals surface area contributed by atoms with E-state index in [2.05, 4.69) is 15.7 Å². The third-order valence-corrected chi connectivity index (χ3v) is 4.59. The molecule has 0 aliphatic carbocycles. The van der Waals surface area contributed by atoms with E-state index in [9.17, 15) is 4.79 Å². The van der Waals surface area contributed by atoms with Gasteiger partial charge in [0.25, 0.3) is 0 Å². The van der Waals surface area contributed by atoms with Gasteiger partial charge in [-0.25, -0.2) is 4.79 Å². The quantitative estimate of drug-likeness (QED) is 0.682. The van der Waals surface area contributed by atoms with Crippen molar-refractivity contribution < 1.29 is 4.79 Å². The minimum atomic E-state index is -0.328. The summed E-state index contributed by atoms with van der Waals surface area (Å²) in [5.74, 6) is 0. The van der Waals surface area contributed by atoms with Crippen molar-refractivity contribution >= 4 is 34.7 Å². The standard InChI is InChI=1S/C20H22ClN5O/c1-13-8-9-14(18-10-11-22-26(18)4)12-17(13)24-20(27)23-16-7-5-6-15(21)19(16)25(2)3/h5-12H,1-4H3,(H2,23,24,27). The Hall–Kier alpha value is -2.99. The minimum absolute atomic E-state index is 0.328. The van der Waals surface area contributed by atoms with Gasteiger partial charge in [0.1, 0.15) is 0 Å². The SMILES string of the molecule is Cc1ccc(-c2ccnn2C)cc1NC(=O)Nc1cccc(Cl)c1N(C)C. The summed E-state index contributed by atoms with van der Waals surface area (Å²) < 4.78 is 1.80. The van der Waals surface area contributed by atoms with Gasteiger partial charge in [0.15, 0.2) is 0 Å². The highest BCUT2D eigenvalue weighted by Crippen LogP contribution is 2.32. The molecule has 27 heavy (non-hydrogen) atoms. The number of halogens is 1. The average Bonchev–Trinajstić information content (AvgIpc) is 3.02. The molecule has 1 aromatic heterocycles. The summed E-state index contributed by atoms with van der Waals surface area (Å²) in [6.45, 7) is 1.95. The topological polar surface area (TPSA) is 62.2 Å². The number of amides is 2. The molecule has 0 spiro atoms. The lowest BCUT2D eigenvalue weighted by molar-refractivity contribution is 0.262. The Labute approximate surface area is 163 Å². The van der Waals surface area contributed by atoms with Crippen molar-refractivity contribution in [3.63, 3.8) is 0 Å². The molecule has 1 heterocycles. The zero-order chi connectivity index (χ0) is 19.6. The van der Waals surface area contributed by atoms with Gasteiger partial charge in [0, 0.05) is 38.6 Å². The van der Waals surface area contributed by atoms with Crippen LogP contribution in [0.25, 0.3) is 11.3 Å². The number of benzene rings is 2. The summed E-state index contributed by atoms with van der Waals surface area (Å²) in [6, 6.07) is 12.9. The van der Waals surface area contributed by atoms with Gasteiger partial charge >= 0.3 is 6.03 Å². The molecule has 2 aromatic carbocycles. The van der Waals surface area contributed by atoms with E-state index in [1.54, 1.807) is 23.0 Å². The molecule has 0 aliphatic heterocycles. The largest absolute Gasteiger partial charge is 0.375 e. The maximum Gasteiger partial charge on any atom is 0.323 e. The summed E-state index contributed by atoms with van der Waals surface area (Å²) in [5, 5.41) is 10.6. The van der Waals surface area contributed by atoms with Crippen molar-refractivity contribution in [2.75, 3.05) is 29.6 Å². The summed E-state index contributed by atoms with van der Waals surface area (Å²) in [5.41, 5.74) is 5.06. The van der Waals surface area contributed by atoms with Crippen molar-refractivity contribution in [1.29, 1.82) is 0 Å². The van der Waals surface area contributed by atoms with Gasteiger partial charge in [-0.2, -0.15) is 5.10 Å². The molecule has 0 radical (unpaired) electrons. The van der Waals surface area contributed by atoms with Crippen LogP contribution in [-0.2, 0) is 7.05 Å². The molecule has 2 N–H and O–H groups in total. The fraction of sp³-hybridized carbons (Fsp3) is 0.200. The molecule has 2 amide bonds. The van der Waals surface area contributed by atoms with E-state index in [0.29, 0.717) is 10.7 Å². The number of aromatic nitrogens is 2. The molecule has 0 aliphatic rings. The predicted molar refractivity (Wildman–Crippen MR) is 112 cm³/mol. The molecule has 0 saturated carbocycles. The van der Waals surface area contributed by atoms with E-state index >= 15 is 0 Å². The first kappa shape index (κ1) is 18.8. The van der Waals surface area contributed by atoms with Gasteiger partial charge in [-0.05, 0) is 36.8 Å². The molecule has 7 heteroatoms. The fourth-order valence-electron chi connectivity index (χ4n) is 2.92. The molecule has 3 aromatic rings. The highest BCUT2D eigenvalue weighted by Gasteiger charge is 2.13. The van der Waals surface area contributed by atoms with Crippen LogP contribution in [0.1, 0.15) is 5.56 Å². The van der Waals surface area contributed by atoms with Crippen LogP contribution in [0.3, 0.4) is 0 Å². The van der Waals surface area contributed by atoms with Crippen molar-refractivity contribution in [2.45, 2.75) is 6.92 Å². The van der Waals surface area contributed by atoms with Crippen LogP contribution in [-0.4, -0.2) is 29.9 Å². The molecule has 3 rings (SSSR count). The molecule has 6 nitrogen and oxygen atoms in total. The van der Waals surface area contributed by atoms with Gasteiger partial charge in [-0.3, -0.25) is 4.68 Å². The second kappa shape index (κ2) is 7.72. The second-order valence-corrected chi connectivity index (χ2v) is 6.89. The number of rotatable bonds is 4. The van der Waals surface area contributed by atoms with E-state index in [1.807, 2.05) is 63.3 Å². The highest BCUT2D eigenvalue weighted by atomic mass is 35.5. The third-order valence-electron chi connectivity index (χ3n) is 4.28. The Morgan fingerprint density at radius 2 is 1.85 bits per heavy atom. The summed E-state index contributed by atoms with van der Waals surface area (Å²) in [7, 11) is 5.65. The zero-order valence-corrected chi connectivity index (χ0v) is 16.5. The van der Waals surface area contributed by atoms with Crippen LogP contribution in [0.4, 0.5) is 21.9 Å². The first-order valence-electron chi connectivity index (χ1n) is 8.49. The maximum atomic E-state index is 12.6. The number of anilines is 3. The van der Waals surface area contributed by atoms with Crippen LogP contribution < -0.4 is 15.5 Å². The number of carbonyl (C=O) groups is 1. The lowest BCUT2D eigenvalue weighted by atomic mass is 10.1. The molecule has 140 valence electrons. The summed E-state index contributed by atoms with van der Waals surface area (Å²) in [6.07, 6.45) is 1.75. The molecule has 0 unspecified atom stereocenters. The van der Waals surface area contributed by atoms with E-state index in [-0.39, 0.29) is 6.03 Å². The Kier molecular flexibility index (Phi) is 5.37. The number of nitrogens with one attached hydrogen (secondary N) is 2. The predicted octanol–water partition coefficient (Wildman–Crippen LogP) is 4.76. The number of aryl methyl sites for hydroxylation is 2. The van der Waals surface area contributed by atoms with Gasteiger partial charge in [-0.15, -0.1) is 0 Å². The van der Waals surface area contributed by atoms with E-state index < -0.39 is 0 Å². The lowest BCUT2D eigenvalue weighted by Crippen LogP contribution is -2.22. The molecular formula is C20H22ClN5O. The third kappa shape index (κ3) is 4.06. The zero-order valence-electron chi connectivity index (χ0n) is 15.7. The maximum absolute atomic E-state index is 12.6. The number of hydrogen-bond donors (Lipinski definition) is 2. The number of hydrogen-bond acceptors (Lipinski definition) is 3. The number of nitrogens with zero attached hydrogens (tertiary/aromatic N) is 3.